The van der Waals surface area contributed by atoms with Gasteiger partial charge in [0.05, 0.1) is 29.1 Å². The van der Waals surface area contributed by atoms with Crippen molar-refractivity contribution in [1.82, 2.24) is 10.2 Å². The van der Waals surface area contributed by atoms with Gasteiger partial charge in [-0.05, 0) is 47.5 Å². The average Bonchev–Trinajstić information content (AvgIpc) is 2.90. The molecule has 1 atom stereocenters. The molecule has 3 aromatic carbocycles. The van der Waals surface area contributed by atoms with E-state index < -0.39 is 34.4 Å². The van der Waals surface area contributed by atoms with Gasteiger partial charge in [0.15, 0.2) is 0 Å². The smallest absolute Gasteiger partial charge is 0.244 e. The Morgan fingerprint density at radius 3 is 2.16 bits per heavy atom. The Kier molecular flexibility index (Phi) is 10.0. The van der Waals surface area contributed by atoms with Crippen LogP contribution in [0.2, 0.25) is 10.0 Å². The lowest BCUT2D eigenvalue weighted by Gasteiger charge is -2.33. The molecule has 0 saturated carbocycles. The van der Waals surface area contributed by atoms with Crippen LogP contribution in [0.3, 0.4) is 0 Å². The highest BCUT2D eigenvalue weighted by Crippen LogP contribution is 2.26. The Hall–Kier alpha value is -3.27. The van der Waals surface area contributed by atoms with Crippen molar-refractivity contribution in [3.63, 3.8) is 0 Å². The number of likely N-dealkylation sites (N-methyl/N-ethyl adjacent to an activating group) is 1. The van der Waals surface area contributed by atoms with E-state index in [1.807, 2.05) is 30.3 Å². The molecule has 0 aromatic heterocycles. The maximum absolute atomic E-state index is 13.9. The number of methoxy groups -OCH3 is 1. The number of hydrogen-bond acceptors (Lipinski definition) is 5. The fourth-order valence-electron chi connectivity index (χ4n) is 3.92. The van der Waals surface area contributed by atoms with Gasteiger partial charge in [-0.1, -0.05) is 59.6 Å². The normalized spacial score (nSPS) is 11.9. The van der Waals surface area contributed by atoms with Gasteiger partial charge in [-0.15, -0.1) is 0 Å². The van der Waals surface area contributed by atoms with Gasteiger partial charge < -0.3 is 15.0 Å². The summed E-state index contributed by atoms with van der Waals surface area (Å²) in [6.07, 6.45) is 1.24. The van der Waals surface area contributed by atoms with Crippen molar-refractivity contribution in [2.45, 2.75) is 19.0 Å². The average molecular weight is 579 g/mol. The van der Waals surface area contributed by atoms with Gasteiger partial charge in [0, 0.05) is 20.0 Å². The lowest BCUT2D eigenvalue weighted by molar-refractivity contribution is -0.139. The minimum absolute atomic E-state index is 0.000850. The highest BCUT2D eigenvalue weighted by atomic mass is 35.5. The van der Waals surface area contributed by atoms with Gasteiger partial charge in [0.2, 0.25) is 21.8 Å². The number of nitrogens with one attached hydrogen (secondary N) is 1. The van der Waals surface area contributed by atoms with Gasteiger partial charge in [-0.2, -0.15) is 0 Å². The molecule has 1 unspecified atom stereocenters. The van der Waals surface area contributed by atoms with Gasteiger partial charge in [0.1, 0.15) is 18.3 Å². The summed E-state index contributed by atoms with van der Waals surface area (Å²) in [7, 11) is -0.868. The number of amides is 2. The third kappa shape index (κ3) is 7.63. The number of nitrogens with zero attached hydrogens (tertiary/aromatic N) is 2. The summed E-state index contributed by atoms with van der Waals surface area (Å²) in [4.78, 5) is 28.3. The molecule has 0 radical (unpaired) electrons. The summed E-state index contributed by atoms with van der Waals surface area (Å²) in [6, 6.07) is 19.6. The molecule has 2 amide bonds. The Morgan fingerprint density at radius 1 is 0.947 bits per heavy atom. The maximum atomic E-state index is 13.9. The summed E-state index contributed by atoms with van der Waals surface area (Å²) >= 11 is 12.3. The minimum Gasteiger partial charge on any atom is -0.497 e. The number of benzene rings is 3. The van der Waals surface area contributed by atoms with Crippen LogP contribution in [0, 0.1) is 0 Å². The molecule has 8 nitrogen and oxygen atoms in total. The van der Waals surface area contributed by atoms with Crippen LogP contribution in [-0.4, -0.2) is 58.1 Å². The van der Waals surface area contributed by atoms with Crippen LogP contribution in [0.4, 0.5) is 5.69 Å². The van der Waals surface area contributed by atoms with Crippen LogP contribution in [0.1, 0.15) is 11.1 Å². The monoisotopic (exact) mass is 577 g/mol. The van der Waals surface area contributed by atoms with E-state index in [-0.39, 0.29) is 18.7 Å². The second-order valence-corrected chi connectivity index (χ2v) is 11.3. The first-order chi connectivity index (χ1) is 18.0. The summed E-state index contributed by atoms with van der Waals surface area (Å²) < 4.78 is 31.7. The molecule has 0 aliphatic heterocycles. The molecule has 0 spiro atoms. The van der Waals surface area contributed by atoms with E-state index in [1.54, 1.807) is 42.5 Å². The molecule has 0 saturated heterocycles. The van der Waals surface area contributed by atoms with E-state index in [2.05, 4.69) is 5.32 Å². The van der Waals surface area contributed by atoms with Crippen LogP contribution in [0.15, 0.2) is 72.8 Å². The number of carbonyl (C=O) groups excluding carboxylic acids is 2. The van der Waals surface area contributed by atoms with Crippen molar-refractivity contribution in [2.75, 3.05) is 31.3 Å². The third-order valence-electron chi connectivity index (χ3n) is 5.89. The molecule has 0 bridgehead atoms. The van der Waals surface area contributed by atoms with Crippen LogP contribution >= 0.6 is 23.2 Å². The number of hydrogen-bond donors (Lipinski definition) is 1. The first kappa shape index (κ1) is 29.3. The summed E-state index contributed by atoms with van der Waals surface area (Å²) in [6.45, 7) is -0.518. The molecule has 0 heterocycles. The fraction of sp³-hybridized carbons (Fsp3) is 0.259. The highest BCUT2D eigenvalue weighted by molar-refractivity contribution is 7.92. The summed E-state index contributed by atoms with van der Waals surface area (Å²) in [5, 5.41) is 3.28. The lowest BCUT2D eigenvalue weighted by Crippen LogP contribution is -2.52. The fourth-order valence-corrected chi connectivity index (χ4v) is 5.09. The Morgan fingerprint density at radius 2 is 1.61 bits per heavy atom. The first-order valence-electron chi connectivity index (χ1n) is 11.6. The zero-order valence-corrected chi connectivity index (χ0v) is 23.6. The molecule has 3 rings (SSSR count). The second-order valence-electron chi connectivity index (χ2n) is 8.56. The predicted molar refractivity (Wildman–Crippen MR) is 150 cm³/mol. The summed E-state index contributed by atoms with van der Waals surface area (Å²) in [5.41, 5.74) is 1.75. The van der Waals surface area contributed by atoms with E-state index in [1.165, 1.54) is 19.1 Å². The molecule has 11 heteroatoms. The molecule has 3 aromatic rings. The van der Waals surface area contributed by atoms with Crippen LogP contribution < -0.4 is 14.4 Å². The number of carbonyl (C=O) groups is 2. The van der Waals surface area contributed by atoms with Crippen molar-refractivity contribution in [3.8, 4) is 5.75 Å². The van der Waals surface area contributed by atoms with Crippen LogP contribution in [0.5, 0.6) is 5.75 Å². The molecule has 0 aliphatic carbocycles. The van der Waals surface area contributed by atoms with Gasteiger partial charge in [0.25, 0.3) is 0 Å². The van der Waals surface area contributed by atoms with E-state index in [0.29, 0.717) is 21.4 Å². The zero-order valence-electron chi connectivity index (χ0n) is 21.2. The van der Waals surface area contributed by atoms with Crippen molar-refractivity contribution >= 4 is 50.7 Å². The maximum Gasteiger partial charge on any atom is 0.244 e. The Balaban J connectivity index is 2.03. The lowest BCUT2D eigenvalue weighted by atomic mass is 10.0. The van der Waals surface area contributed by atoms with Gasteiger partial charge >= 0.3 is 0 Å². The van der Waals surface area contributed by atoms with E-state index >= 15 is 0 Å². The Labute approximate surface area is 233 Å². The molecular formula is C27H29Cl2N3O5S. The number of anilines is 1. The van der Waals surface area contributed by atoms with Crippen molar-refractivity contribution < 1.29 is 22.7 Å². The van der Waals surface area contributed by atoms with Crippen molar-refractivity contribution in [3.05, 3.63) is 94.0 Å². The zero-order chi connectivity index (χ0) is 27.9. The van der Waals surface area contributed by atoms with Crippen LogP contribution in [-0.2, 0) is 32.6 Å². The van der Waals surface area contributed by atoms with Crippen LogP contribution in [0.25, 0.3) is 0 Å². The number of ether oxygens (including phenoxy) is 1. The number of halogens is 2. The second kappa shape index (κ2) is 13.0. The predicted octanol–water partition coefficient (Wildman–Crippen LogP) is 4.15. The number of rotatable bonds is 11. The first-order valence-corrected chi connectivity index (χ1v) is 14.2. The third-order valence-corrected chi connectivity index (χ3v) is 7.77. The number of sulfonamides is 1. The van der Waals surface area contributed by atoms with E-state index in [9.17, 15) is 18.0 Å². The largest absolute Gasteiger partial charge is 0.497 e. The van der Waals surface area contributed by atoms with E-state index in [4.69, 9.17) is 27.9 Å². The topological polar surface area (TPSA) is 96.0 Å². The Bertz CT molecular complexity index is 1370. The van der Waals surface area contributed by atoms with Crippen molar-refractivity contribution in [2.24, 2.45) is 0 Å². The highest BCUT2D eigenvalue weighted by Gasteiger charge is 2.32. The van der Waals surface area contributed by atoms with Gasteiger partial charge in [-0.25, -0.2) is 8.42 Å². The standard InChI is InChI=1S/C27H29Cl2N3O5S/c1-30-27(34)25(16-19-7-5-4-6-8-19)31(17-20-9-14-23(28)24(29)15-20)26(33)18-32(38(3,35)36)21-10-12-22(37-2)13-11-21/h4-15,25H,16-18H2,1-3H3,(H,30,34). The van der Waals surface area contributed by atoms with Gasteiger partial charge in [-0.3, -0.25) is 13.9 Å². The molecule has 202 valence electrons. The molecule has 1 N–H and O–H groups in total. The SMILES string of the molecule is CNC(=O)C(Cc1ccccc1)N(Cc1ccc(Cl)c(Cl)c1)C(=O)CN(c1ccc(OC)cc1)S(C)(=O)=O. The minimum atomic E-state index is -3.86. The summed E-state index contributed by atoms with van der Waals surface area (Å²) in [5.74, 6) is -0.420. The molecule has 0 aliphatic rings. The quantitative estimate of drug-likeness (QED) is 0.369. The van der Waals surface area contributed by atoms with Crippen molar-refractivity contribution in [1.29, 1.82) is 0 Å². The molecular weight excluding hydrogens is 549 g/mol. The van der Waals surface area contributed by atoms with E-state index in [0.717, 1.165) is 16.1 Å². The molecule has 0 fully saturated rings. The molecule has 38 heavy (non-hydrogen) atoms.